The standard InChI is InChI=1S/C20H24O10/c1-25-9-11-29-19(23)16(20(24)30-12-10-26-2)14-7-5-13(6-8-14)15(17(21)27-3)18(22)28-4/h5-8H,9-12H2,1-4H3. The Labute approximate surface area is 172 Å². The quantitative estimate of drug-likeness (QED) is 0.194. The average Bonchev–Trinajstić information content (AvgIpc) is 2.75. The summed E-state index contributed by atoms with van der Waals surface area (Å²) in [6.07, 6.45) is 0. The number of carbonyl (C=O) groups is 4. The minimum atomic E-state index is -0.910. The van der Waals surface area contributed by atoms with Gasteiger partial charge in [0.2, 0.25) is 0 Å². The van der Waals surface area contributed by atoms with Crippen LogP contribution in [0.25, 0.3) is 11.1 Å². The SMILES string of the molecule is COCCOC(=O)C(C(=O)OCCOC)=c1ccc(=C(C(=O)OC)C(=O)OC)cc1. The second-order valence-corrected chi connectivity index (χ2v) is 5.57. The van der Waals surface area contributed by atoms with Crippen molar-refractivity contribution in [2.75, 3.05) is 54.9 Å². The minimum Gasteiger partial charge on any atom is -0.465 e. The Bertz CT molecular complexity index is 822. The Balaban J connectivity index is 3.47. The van der Waals surface area contributed by atoms with Crippen molar-refractivity contribution in [1.29, 1.82) is 0 Å². The lowest BCUT2D eigenvalue weighted by molar-refractivity contribution is -0.145. The van der Waals surface area contributed by atoms with Crippen LogP contribution in [-0.4, -0.2) is 78.7 Å². The Kier molecular flexibility index (Phi) is 10.8. The smallest absolute Gasteiger partial charge is 0.346 e. The number of carbonyl (C=O) groups excluding carboxylic acids is 4. The molecule has 0 heterocycles. The van der Waals surface area contributed by atoms with Gasteiger partial charge >= 0.3 is 23.9 Å². The lowest BCUT2D eigenvalue weighted by Crippen LogP contribution is -2.28. The molecule has 0 aliphatic carbocycles. The molecule has 164 valence electrons. The number of ether oxygens (including phenoxy) is 6. The summed E-state index contributed by atoms with van der Waals surface area (Å²) in [5, 5.41) is 0.343. The zero-order valence-corrected chi connectivity index (χ0v) is 17.2. The maximum atomic E-state index is 12.4. The van der Waals surface area contributed by atoms with Crippen molar-refractivity contribution < 1.29 is 47.6 Å². The van der Waals surface area contributed by atoms with Gasteiger partial charge in [-0.1, -0.05) is 24.3 Å². The van der Waals surface area contributed by atoms with Crippen molar-refractivity contribution >= 4 is 35.0 Å². The summed E-state index contributed by atoms with van der Waals surface area (Å²) in [6, 6.07) is 5.46. The van der Waals surface area contributed by atoms with E-state index in [1.165, 1.54) is 38.5 Å². The molecule has 30 heavy (non-hydrogen) atoms. The van der Waals surface area contributed by atoms with E-state index in [1.807, 2.05) is 0 Å². The van der Waals surface area contributed by atoms with E-state index in [1.54, 1.807) is 0 Å². The van der Waals surface area contributed by atoms with Gasteiger partial charge in [-0.2, -0.15) is 0 Å². The average molecular weight is 424 g/mol. The molecule has 1 aromatic rings. The van der Waals surface area contributed by atoms with Crippen LogP contribution in [0.3, 0.4) is 0 Å². The highest BCUT2D eigenvalue weighted by molar-refractivity contribution is 6.37. The van der Waals surface area contributed by atoms with Crippen LogP contribution in [0.15, 0.2) is 24.3 Å². The van der Waals surface area contributed by atoms with Crippen LogP contribution in [0, 0.1) is 0 Å². The normalized spacial score (nSPS) is 10.0. The van der Waals surface area contributed by atoms with E-state index in [2.05, 4.69) is 9.47 Å². The second-order valence-electron chi connectivity index (χ2n) is 5.57. The summed E-state index contributed by atoms with van der Waals surface area (Å²) in [5.41, 5.74) is -0.690. The molecule has 0 saturated heterocycles. The number of rotatable bonds is 10. The predicted molar refractivity (Wildman–Crippen MR) is 102 cm³/mol. The van der Waals surface area contributed by atoms with E-state index in [0.717, 1.165) is 14.2 Å². The van der Waals surface area contributed by atoms with Crippen LogP contribution >= 0.6 is 0 Å². The minimum absolute atomic E-state index is 0.0646. The largest absolute Gasteiger partial charge is 0.465 e. The molecule has 10 heteroatoms. The fourth-order valence-electron chi connectivity index (χ4n) is 2.23. The van der Waals surface area contributed by atoms with E-state index in [4.69, 9.17) is 18.9 Å². The summed E-state index contributed by atoms with van der Waals surface area (Å²) in [7, 11) is 5.12. The molecular formula is C20H24O10. The van der Waals surface area contributed by atoms with E-state index in [-0.39, 0.29) is 48.0 Å². The first kappa shape index (κ1) is 24.8. The van der Waals surface area contributed by atoms with Gasteiger partial charge < -0.3 is 28.4 Å². The van der Waals surface area contributed by atoms with Gasteiger partial charge in [0, 0.05) is 14.2 Å². The number of methoxy groups -OCH3 is 4. The number of esters is 4. The van der Waals surface area contributed by atoms with Gasteiger partial charge in [0.1, 0.15) is 13.2 Å². The van der Waals surface area contributed by atoms with E-state index < -0.39 is 23.9 Å². The molecule has 0 aliphatic heterocycles. The molecule has 0 saturated carbocycles. The fraction of sp³-hybridized carbons (Fsp3) is 0.400. The second kappa shape index (κ2) is 13.1. The van der Waals surface area contributed by atoms with Crippen LogP contribution in [0.2, 0.25) is 0 Å². The van der Waals surface area contributed by atoms with Gasteiger partial charge in [-0.25, -0.2) is 19.2 Å². The summed E-state index contributed by atoms with van der Waals surface area (Å²) in [6.45, 7) is 0.163. The molecule has 0 amide bonds. The van der Waals surface area contributed by atoms with Gasteiger partial charge in [-0.15, -0.1) is 0 Å². The van der Waals surface area contributed by atoms with Gasteiger partial charge in [0.05, 0.1) is 27.4 Å². The molecular weight excluding hydrogens is 400 g/mol. The highest BCUT2D eigenvalue weighted by Gasteiger charge is 2.23. The fourth-order valence-corrected chi connectivity index (χ4v) is 2.23. The Morgan fingerprint density at radius 1 is 0.567 bits per heavy atom. The first-order chi connectivity index (χ1) is 14.4. The molecule has 0 bridgehead atoms. The molecule has 0 fully saturated rings. The Morgan fingerprint density at radius 3 is 1.20 bits per heavy atom. The van der Waals surface area contributed by atoms with Crippen LogP contribution in [0.4, 0.5) is 0 Å². The van der Waals surface area contributed by atoms with Gasteiger partial charge in [0.15, 0.2) is 11.1 Å². The number of benzene rings is 1. The van der Waals surface area contributed by atoms with Gasteiger partial charge in [0.25, 0.3) is 0 Å². The molecule has 0 N–H and O–H groups in total. The third-order valence-electron chi connectivity index (χ3n) is 3.69. The highest BCUT2D eigenvalue weighted by atomic mass is 16.6. The zero-order valence-electron chi connectivity index (χ0n) is 17.2. The van der Waals surface area contributed by atoms with Crippen molar-refractivity contribution in [1.82, 2.24) is 0 Å². The lowest BCUT2D eigenvalue weighted by atomic mass is 10.1. The first-order valence-corrected chi connectivity index (χ1v) is 8.74. The van der Waals surface area contributed by atoms with E-state index >= 15 is 0 Å². The molecule has 0 unspecified atom stereocenters. The molecule has 0 aromatic heterocycles. The van der Waals surface area contributed by atoms with Crippen LogP contribution in [0.1, 0.15) is 0 Å². The van der Waals surface area contributed by atoms with Crippen molar-refractivity contribution in [3.63, 3.8) is 0 Å². The predicted octanol–water partition coefficient (Wildman–Crippen LogP) is -1.29. The maximum absolute atomic E-state index is 12.4. The van der Waals surface area contributed by atoms with E-state index in [0.29, 0.717) is 0 Å². The van der Waals surface area contributed by atoms with Crippen molar-refractivity contribution in [3.8, 4) is 0 Å². The molecule has 0 atom stereocenters. The van der Waals surface area contributed by atoms with Crippen molar-refractivity contribution in [2.45, 2.75) is 0 Å². The topological polar surface area (TPSA) is 124 Å². The van der Waals surface area contributed by atoms with Gasteiger partial charge in [-0.3, -0.25) is 0 Å². The van der Waals surface area contributed by atoms with Gasteiger partial charge in [-0.05, 0) is 10.4 Å². The summed E-state index contributed by atoms with van der Waals surface area (Å²) in [4.78, 5) is 48.6. The third-order valence-corrected chi connectivity index (χ3v) is 3.69. The molecule has 0 radical (unpaired) electrons. The van der Waals surface area contributed by atoms with E-state index in [9.17, 15) is 19.2 Å². The number of hydrogen-bond donors (Lipinski definition) is 0. The maximum Gasteiger partial charge on any atom is 0.346 e. The van der Waals surface area contributed by atoms with Crippen molar-refractivity contribution in [3.05, 3.63) is 34.7 Å². The first-order valence-electron chi connectivity index (χ1n) is 8.74. The summed E-state index contributed by atoms with van der Waals surface area (Å²) >= 11 is 0. The zero-order chi connectivity index (χ0) is 22.5. The van der Waals surface area contributed by atoms with Crippen molar-refractivity contribution in [2.24, 2.45) is 0 Å². The molecule has 0 spiro atoms. The van der Waals surface area contributed by atoms with Crippen LogP contribution in [-0.2, 0) is 47.6 Å². The Hall–Kier alpha value is -3.24. The summed E-state index contributed by atoms with van der Waals surface area (Å²) < 4.78 is 28.9. The van der Waals surface area contributed by atoms with Crippen LogP contribution in [0.5, 0.6) is 0 Å². The molecule has 0 aliphatic rings. The highest BCUT2D eigenvalue weighted by Crippen LogP contribution is 2.03. The Morgan fingerprint density at radius 2 is 0.900 bits per heavy atom. The molecule has 1 rings (SSSR count). The summed E-state index contributed by atoms with van der Waals surface area (Å²) in [5.74, 6) is -3.60. The molecule has 10 nitrogen and oxygen atoms in total. The third kappa shape index (κ3) is 6.98. The van der Waals surface area contributed by atoms with Crippen LogP contribution < -0.4 is 10.4 Å². The lowest BCUT2D eigenvalue weighted by Gasteiger charge is -2.09. The number of hydrogen-bond acceptors (Lipinski definition) is 10. The molecule has 1 aromatic carbocycles. The monoisotopic (exact) mass is 424 g/mol.